The van der Waals surface area contributed by atoms with Gasteiger partial charge in [-0.1, -0.05) is 165 Å². The van der Waals surface area contributed by atoms with E-state index in [0.29, 0.717) is 16.9 Å². The van der Waals surface area contributed by atoms with Crippen molar-refractivity contribution >= 4 is 87.2 Å². The van der Waals surface area contributed by atoms with Gasteiger partial charge in [0, 0.05) is 71.2 Å². The Morgan fingerprint density at radius 1 is 0.300 bits per heavy atom. The number of aromatic nitrogens is 4. The second-order valence-corrected chi connectivity index (χ2v) is 20.4. The van der Waals surface area contributed by atoms with Crippen molar-refractivity contribution in [2.75, 3.05) is 0 Å². The standard InChI is InChI=1S/C70H44F6N4/c1-2-44-65(79-57-33-17-11-27-47(57)49-37-39-61-63(67(49)79)51-29-13-19-35-59(51)77(61)42-21-5-3-6-22-42)53(45-25-9-15-31-55(45)69(71,72)73)41-54(46-26-10-16-32-56(46)70(74,75)76)66(44)80-58-34-18-12-28-48(58)50-38-40-62-64(68(50)80)52-30-14-20-36-60(52)78(62)43-23-7-4-8-24-43/h3-41H,2H2,1H3. The Bertz CT molecular complexity index is 4700. The Labute approximate surface area is 453 Å². The van der Waals surface area contributed by atoms with Gasteiger partial charge in [0.1, 0.15) is 0 Å². The van der Waals surface area contributed by atoms with Crippen LogP contribution in [0.25, 0.3) is 132 Å². The van der Waals surface area contributed by atoms with E-state index < -0.39 is 23.5 Å². The van der Waals surface area contributed by atoms with Gasteiger partial charge in [0.05, 0.1) is 66.6 Å². The van der Waals surface area contributed by atoms with E-state index in [1.807, 2.05) is 116 Å². The SMILES string of the molecule is CCc1c(-n2c3ccccc3c3ccc4c(c5ccccc5n4-c4ccccc4)c32)c(-c2ccccc2C(F)(F)F)cc(-c2ccccc2C(F)(F)F)c1-n1c2ccccc2c2ccc3c(c4ccccc4n3-c3ccccc3)c21. The predicted octanol–water partition coefficient (Wildman–Crippen LogP) is 20.0. The van der Waals surface area contributed by atoms with Crippen molar-refractivity contribution in [3.8, 4) is 45.0 Å². The number of hydrogen-bond donors (Lipinski definition) is 0. The van der Waals surface area contributed by atoms with E-state index in [1.54, 1.807) is 18.2 Å². The van der Waals surface area contributed by atoms with Gasteiger partial charge in [-0.25, -0.2) is 0 Å². The quantitative estimate of drug-likeness (QED) is 0.142. The molecule has 11 aromatic carbocycles. The molecule has 0 N–H and O–H groups in total. The molecule has 0 amide bonds. The predicted molar refractivity (Wildman–Crippen MR) is 314 cm³/mol. The summed E-state index contributed by atoms with van der Waals surface area (Å²) in [4.78, 5) is 0. The molecular weight excluding hydrogens is 1010 g/mol. The van der Waals surface area contributed by atoms with Crippen LogP contribution in [-0.2, 0) is 18.8 Å². The highest BCUT2D eigenvalue weighted by molar-refractivity contribution is 6.28. The number of halogens is 6. The van der Waals surface area contributed by atoms with Crippen LogP contribution >= 0.6 is 0 Å². The van der Waals surface area contributed by atoms with E-state index in [0.717, 1.165) is 111 Å². The number of para-hydroxylation sites is 6. The third-order valence-corrected chi connectivity index (χ3v) is 16.2. The summed E-state index contributed by atoms with van der Waals surface area (Å²) >= 11 is 0. The summed E-state index contributed by atoms with van der Waals surface area (Å²) in [7, 11) is 0. The lowest BCUT2D eigenvalue weighted by atomic mass is 9.87. The number of alkyl halides is 6. The molecule has 0 unspecified atom stereocenters. The molecule has 0 saturated carbocycles. The van der Waals surface area contributed by atoms with Crippen LogP contribution in [0.2, 0.25) is 0 Å². The lowest BCUT2D eigenvalue weighted by molar-refractivity contribution is -0.137. The van der Waals surface area contributed by atoms with Crippen LogP contribution in [0.5, 0.6) is 0 Å². The molecule has 0 bridgehead atoms. The van der Waals surface area contributed by atoms with Crippen LogP contribution in [0.3, 0.4) is 0 Å². The van der Waals surface area contributed by atoms with Crippen LogP contribution in [0.4, 0.5) is 26.3 Å². The van der Waals surface area contributed by atoms with E-state index in [9.17, 15) is 0 Å². The van der Waals surface area contributed by atoms with Gasteiger partial charge < -0.3 is 18.3 Å². The average molecular weight is 1060 g/mol. The summed E-state index contributed by atoms with van der Waals surface area (Å²) in [6.45, 7) is 1.96. The average Bonchev–Trinajstić information content (AvgIpc) is 4.41. The maximum absolute atomic E-state index is 16.0. The molecule has 0 aliphatic rings. The monoisotopic (exact) mass is 1050 g/mol. The maximum Gasteiger partial charge on any atom is 0.417 e. The fraction of sp³-hybridized carbons (Fsp3) is 0.0571. The van der Waals surface area contributed by atoms with Gasteiger partial charge in [-0.15, -0.1) is 0 Å². The van der Waals surface area contributed by atoms with Crippen LogP contribution in [-0.4, -0.2) is 18.3 Å². The second kappa shape index (κ2) is 17.6. The Balaban J connectivity index is 1.23. The zero-order valence-electron chi connectivity index (χ0n) is 42.8. The molecule has 0 saturated heterocycles. The molecule has 0 radical (unpaired) electrons. The van der Waals surface area contributed by atoms with Gasteiger partial charge in [0.25, 0.3) is 0 Å². The van der Waals surface area contributed by atoms with Gasteiger partial charge >= 0.3 is 12.4 Å². The van der Waals surface area contributed by atoms with Crippen molar-refractivity contribution < 1.29 is 26.3 Å². The molecule has 386 valence electrons. The summed E-state index contributed by atoms with van der Waals surface area (Å²) in [6.07, 6.45) is -9.53. The third kappa shape index (κ3) is 6.84. The van der Waals surface area contributed by atoms with Crippen molar-refractivity contribution in [3.05, 3.63) is 253 Å². The summed E-state index contributed by atoms with van der Waals surface area (Å²) in [6, 6.07) is 73.1. The largest absolute Gasteiger partial charge is 0.417 e. The molecule has 80 heavy (non-hydrogen) atoms. The first-order valence-corrected chi connectivity index (χ1v) is 26.6. The van der Waals surface area contributed by atoms with Crippen LogP contribution in [0.15, 0.2) is 237 Å². The smallest absolute Gasteiger partial charge is 0.309 e. The van der Waals surface area contributed by atoms with Crippen molar-refractivity contribution in [3.63, 3.8) is 0 Å². The normalized spacial score (nSPS) is 12.5. The minimum Gasteiger partial charge on any atom is -0.309 e. The van der Waals surface area contributed by atoms with E-state index in [-0.39, 0.29) is 28.7 Å². The molecule has 0 fully saturated rings. The van der Waals surface area contributed by atoms with E-state index in [1.165, 1.54) is 24.3 Å². The van der Waals surface area contributed by atoms with Gasteiger partial charge in [-0.3, -0.25) is 0 Å². The Morgan fingerprint density at radius 2 is 0.637 bits per heavy atom. The number of benzene rings is 11. The second-order valence-electron chi connectivity index (χ2n) is 20.4. The third-order valence-electron chi connectivity index (χ3n) is 16.2. The van der Waals surface area contributed by atoms with Crippen LogP contribution < -0.4 is 0 Å². The fourth-order valence-electron chi connectivity index (χ4n) is 13.1. The molecule has 15 rings (SSSR count). The maximum atomic E-state index is 16.0. The molecule has 0 spiro atoms. The van der Waals surface area contributed by atoms with Gasteiger partial charge in [-0.2, -0.15) is 26.3 Å². The highest BCUT2D eigenvalue weighted by Gasteiger charge is 2.39. The zero-order chi connectivity index (χ0) is 54.2. The first kappa shape index (κ1) is 47.4. The summed E-state index contributed by atoms with van der Waals surface area (Å²) in [5, 5.41) is 7.03. The van der Waals surface area contributed by atoms with Gasteiger partial charge in [-0.05, 0) is 96.4 Å². The van der Waals surface area contributed by atoms with Crippen molar-refractivity contribution in [2.24, 2.45) is 0 Å². The Morgan fingerprint density at radius 3 is 1.02 bits per heavy atom. The lowest BCUT2D eigenvalue weighted by Gasteiger charge is -2.28. The van der Waals surface area contributed by atoms with E-state index in [4.69, 9.17) is 0 Å². The van der Waals surface area contributed by atoms with Crippen molar-refractivity contribution in [1.29, 1.82) is 0 Å². The molecule has 15 aromatic rings. The highest BCUT2D eigenvalue weighted by atomic mass is 19.4. The Kier molecular flexibility index (Phi) is 10.4. The van der Waals surface area contributed by atoms with Gasteiger partial charge in [0.15, 0.2) is 0 Å². The first-order chi connectivity index (χ1) is 39.0. The molecule has 4 nitrogen and oxygen atoms in total. The number of nitrogens with zero attached hydrogens (tertiary/aromatic N) is 4. The molecule has 10 heteroatoms. The lowest BCUT2D eigenvalue weighted by Crippen LogP contribution is -2.14. The topological polar surface area (TPSA) is 19.7 Å². The van der Waals surface area contributed by atoms with Crippen LogP contribution in [0, 0.1) is 0 Å². The number of hydrogen-bond acceptors (Lipinski definition) is 0. The molecular formula is C70H44F6N4. The summed E-state index contributed by atoms with van der Waals surface area (Å²) in [5.74, 6) is 0. The van der Waals surface area contributed by atoms with Crippen molar-refractivity contribution in [1.82, 2.24) is 18.3 Å². The summed E-state index contributed by atoms with van der Waals surface area (Å²) in [5.41, 5.74) is 7.90. The van der Waals surface area contributed by atoms with E-state index in [2.05, 4.69) is 91.1 Å². The molecule has 0 aliphatic heterocycles. The van der Waals surface area contributed by atoms with Gasteiger partial charge in [0.2, 0.25) is 0 Å². The summed E-state index contributed by atoms with van der Waals surface area (Å²) < 4.78 is 105. The minimum absolute atomic E-state index is 0.128. The first-order valence-electron chi connectivity index (χ1n) is 26.6. The highest BCUT2D eigenvalue weighted by Crippen LogP contribution is 2.53. The molecule has 0 atom stereocenters. The Hall–Kier alpha value is -9.80. The number of rotatable bonds is 7. The molecule has 4 heterocycles. The zero-order valence-corrected chi connectivity index (χ0v) is 42.8. The molecule has 4 aromatic heterocycles. The fourth-order valence-corrected chi connectivity index (χ4v) is 13.1. The van der Waals surface area contributed by atoms with Crippen molar-refractivity contribution in [2.45, 2.75) is 25.7 Å². The van der Waals surface area contributed by atoms with E-state index >= 15 is 26.3 Å². The van der Waals surface area contributed by atoms with Crippen LogP contribution in [0.1, 0.15) is 23.6 Å². The minimum atomic E-state index is -4.86. The molecule has 0 aliphatic carbocycles. The number of fused-ring (bicyclic) bond motifs is 14.